The number of aliphatic hydroxyl groups excluding tert-OH is 1. The van der Waals surface area contributed by atoms with E-state index in [9.17, 15) is 9.18 Å². The predicted molar refractivity (Wildman–Crippen MR) is 55.1 cm³/mol. The molecule has 16 heavy (non-hydrogen) atoms. The zero-order chi connectivity index (χ0) is 12.1. The van der Waals surface area contributed by atoms with Crippen molar-refractivity contribution in [3.8, 4) is 5.75 Å². The lowest BCUT2D eigenvalue weighted by Crippen LogP contribution is -2.07. The van der Waals surface area contributed by atoms with E-state index in [4.69, 9.17) is 9.84 Å². The molecule has 0 fully saturated rings. The van der Waals surface area contributed by atoms with Crippen LogP contribution in [-0.4, -0.2) is 31.9 Å². The molecule has 0 aliphatic carbocycles. The molecule has 0 bridgehead atoms. The summed E-state index contributed by atoms with van der Waals surface area (Å²) in [6, 6.07) is 2.67. The molecule has 1 aromatic carbocycles. The van der Waals surface area contributed by atoms with Gasteiger partial charge in [-0.2, -0.15) is 0 Å². The molecule has 0 spiro atoms. The molecule has 5 heteroatoms. The highest BCUT2D eigenvalue weighted by atomic mass is 19.1. The van der Waals surface area contributed by atoms with Crippen molar-refractivity contribution in [3.05, 3.63) is 29.1 Å². The van der Waals surface area contributed by atoms with Crippen molar-refractivity contribution in [2.24, 2.45) is 0 Å². The zero-order valence-electron chi connectivity index (χ0n) is 9.12. The number of hydrogen-bond acceptors (Lipinski definition) is 4. The van der Waals surface area contributed by atoms with E-state index >= 15 is 0 Å². The van der Waals surface area contributed by atoms with Crippen molar-refractivity contribution in [2.45, 2.75) is 6.42 Å². The number of ether oxygens (including phenoxy) is 2. The third kappa shape index (κ3) is 2.49. The number of benzene rings is 1. The molecule has 0 aliphatic rings. The van der Waals surface area contributed by atoms with Gasteiger partial charge in [0.15, 0.2) is 11.6 Å². The van der Waals surface area contributed by atoms with Crippen LogP contribution in [0.1, 0.15) is 15.9 Å². The Morgan fingerprint density at radius 3 is 2.62 bits per heavy atom. The van der Waals surface area contributed by atoms with Gasteiger partial charge in [-0.3, -0.25) is 0 Å². The molecule has 0 aliphatic heterocycles. The van der Waals surface area contributed by atoms with E-state index in [0.29, 0.717) is 5.56 Å². The van der Waals surface area contributed by atoms with Crippen molar-refractivity contribution in [2.75, 3.05) is 20.8 Å². The van der Waals surface area contributed by atoms with Crippen LogP contribution >= 0.6 is 0 Å². The topological polar surface area (TPSA) is 55.8 Å². The number of carbonyl (C=O) groups excluding carboxylic acids is 1. The molecule has 0 aromatic heterocycles. The molecule has 1 aromatic rings. The van der Waals surface area contributed by atoms with Gasteiger partial charge in [0, 0.05) is 6.61 Å². The number of methoxy groups -OCH3 is 2. The number of hydrogen-bond donors (Lipinski definition) is 1. The van der Waals surface area contributed by atoms with E-state index in [1.54, 1.807) is 0 Å². The number of esters is 1. The highest BCUT2D eigenvalue weighted by Crippen LogP contribution is 2.25. The van der Waals surface area contributed by atoms with Crippen LogP contribution in [0.25, 0.3) is 0 Å². The van der Waals surface area contributed by atoms with E-state index < -0.39 is 11.8 Å². The first-order valence-corrected chi connectivity index (χ1v) is 4.69. The SMILES string of the molecule is COC(=O)c1cc(CCO)cc(F)c1OC. The average molecular weight is 228 g/mol. The van der Waals surface area contributed by atoms with Gasteiger partial charge in [0.05, 0.1) is 14.2 Å². The minimum absolute atomic E-state index is 0.0217. The summed E-state index contributed by atoms with van der Waals surface area (Å²) >= 11 is 0. The summed E-state index contributed by atoms with van der Waals surface area (Å²) in [6.45, 7) is -0.119. The molecule has 0 unspecified atom stereocenters. The van der Waals surface area contributed by atoms with Crippen LogP contribution in [0, 0.1) is 5.82 Å². The number of aliphatic hydroxyl groups is 1. The maximum Gasteiger partial charge on any atom is 0.341 e. The Balaban J connectivity index is 3.24. The average Bonchev–Trinajstić information content (AvgIpc) is 2.27. The number of halogens is 1. The van der Waals surface area contributed by atoms with Crippen LogP contribution in [0.4, 0.5) is 4.39 Å². The Labute approximate surface area is 92.6 Å². The highest BCUT2D eigenvalue weighted by molar-refractivity contribution is 5.92. The molecular formula is C11H13FO4. The second-order valence-corrected chi connectivity index (χ2v) is 3.12. The lowest BCUT2D eigenvalue weighted by molar-refractivity contribution is 0.0596. The summed E-state index contributed by atoms with van der Waals surface area (Å²) < 4.78 is 22.8. The summed E-state index contributed by atoms with van der Waals surface area (Å²) in [4.78, 5) is 11.4. The first kappa shape index (κ1) is 12.4. The van der Waals surface area contributed by atoms with E-state index in [1.807, 2.05) is 0 Å². The largest absolute Gasteiger partial charge is 0.493 e. The van der Waals surface area contributed by atoms with Gasteiger partial charge in [-0.05, 0) is 24.1 Å². The Morgan fingerprint density at radius 1 is 1.44 bits per heavy atom. The van der Waals surface area contributed by atoms with E-state index in [0.717, 1.165) is 0 Å². The van der Waals surface area contributed by atoms with Gasteiger partial charge in [0.2, 0.25) is 0 Å². The Kier molecular flexibility index (Phi) is 4.25. The summed E-state index contributed by atoms with van der Waals surface area (Å²) in [5, 5.41) is 8.75. The molecular weight excluding hydrogens is 215 g/mol. The lowest BCUT2D eigenvalue weighted by atomic mass is 10.1. The standard InChI is InChI=1S/C11H13FO4/c1-15-10-8(11(14)16-2)5-7(3-4-13)6-9(10)12/h5-6,13H,3-4H2,1-2H3. The van der Waals surface area contributed by atoms with Crippen LogP contribution in [0.2, 0.25) is 0 Å². The second kappa shape index (κ2) is 5.46. The van der Waals surface area contributed by atoms with Gasteiger partial charge in [-0.1, -0.05) is 0 Å². The predicted octanol–water partition coefficient (Wildman–Crippen LogP) is 1.16. The summed E-state index contributed by atoms with van der Waals surface area (Å²) in [5.74, 6) is -1.46. The Morgan fingerprint density at radius 2 is 2.12 bits per heavy atom. The van der Waals surface area contributed by atoms with Gasteiger partial charge in [-0.25, -0.2) is 9.18 Å². The highest BCUT2D eigenvalue weighted by Gasteiger charge is 2.18. The fourth-order valence-corrected chi connectivity index (χ4v) is 1.39. The first-order chi connectivity index (χ1) is 7.63. The quantitative estimate of drug-likeness (QED) is 0.785. The normalized spacial score (nSPS) is 10.0. The van der Waals surface area contributed by atoms with Gasteiger partial charge in [0.1, 0.15) is 5.56 Å². The molecule has 1 N–H and O–H groups in total. The van der Waals surface area contributed by atoms with Crippen LogP contribution in [0.5, 0.6) is 5.75 Å². The Hall–Kier alpha value is -1.62. The van der Waals surface area contributed by atoms with Gasteiger partial charge in [0.25, 0.3) is 0 Å². The van der Waals surface area contributed by atoms with Crippen molar-refractivity contribution in [1.29, 1.82) is 0 Å². The van der Waals surface area contributed by atoms with Gasteiger partial charge >= 0.3 is 5.97 Å². The van der Waals surface area contributed by atoms with Gasteiger partial charge < -0.3 is 14.6 Å². The van der Waals surface area contributed by atoms with Crippen molar-refractivity contribution in [1.82, 2.24) is 0 Å². The zero-order valence-corrected chi connectivity index (χ0v) is 9.12. The monoisotopic (exact) mass is 228 g/mol. The van der Waals surface area contributed by atoms with E-state index in [1.165, 1.54) is 26.4 Å². The molecule has 1 rings (SSSR count). The summed E-state index contributed by atoms with van der Waals surface area (Å²) in [7, 11) is 2.48. The van der Waals surface area contributed by atoms with Crippen molar-refractivity contribution in [3.63, 3.8) is 0 Å². The van der Waals surface area contributed by atoms with Crippen LogP contribution in [0.15, 0.2) is 12.1 Å². The summed E-state index contributed by atoms with van der Waals surface area (Å²) in [5.41, 5.74) is 0.537. The molecule has 0 heterocycles. The van der Waals surface area contributed by atoms with Crippen LogP contribution < -0.4 is 4.74 Å². The van der Waals surface area contributed by atoms with Crippen LogP contribution in [-0.2, 0) is 11.2 Å². The minimum atomic E-state index is -0.671. The fourth-order valence-electron chi connectivity index (χ4n) is 1.39. The molecule has 4 nitrogen and oxygen atoms in total. The molecule has 88 valence electrons. The molecule has 0 amide bonds. The molecule has 0 atom stereocenters. The van der Waals surface area contributed by atoms with Crippen LogP contribution in [0.3, 0.4) is 0 Å². The summed E-state index contributed by atoms with van der Waals surface area (Å²) in [6.07, 6.45) is 0.269. The minimum Gasteiger partial charge on any atom is -0.493 e. The fraction of sp³-hybridized carbons (Fsp3) is 0.364. The maximum atomic E-state index is 13.5. The van der Waals surface area contributed by atoms with Crippen molar-refractivity contribution < 1.29 is 23.8 Å². The van der Waals surface area contributed by atoms with Gasteiger partial charge in [-0.15, -0.1) is 0 Å². The molecule has 0 radical (unpaired) electrons. The third-order valence-corrected chi connectivity index (χ3v) is 2.11. The number of rotatable bonds is 4. The second-order valence-electron chi connectivity index (χ2n) is 3.12. The lowest BCUT2D eigenvalue weighted by Gasteiger charge is -2.10. The van der Waals surface area contributed by atoms with Crippen molar-refractivity contribution >= 4 is 5.97 Å². The third-order valence-electron chi connectivity index (χ3n) is 2.11. The molecule has 0 saturated carbocycles. The molecule has 0 saturated heterocycles. The smallest absolute Gasteiger partial charge is 0.341 e. The Bertz CT molecular complexity index is 390. The number of carbonyl (C=O) groups is 1. The first-order valence-electron chi connectivity index (χ1n) is 4.69. The van der Waals surface area contributed by atoms with E-state index in [-0.39, 0.29) is 24.3 Å². The van der Waals surface area contributed by atoms with E-state index in [2.05, 4.69) is 4.74 Å². The maximum absolute atomic E-state index is 13.5.